The molecule has 0 aliphatic rings. The Bertz CT molecular complexity index is 950. The molecule has 1 aromatic carbocycles. The standard InChI is InChI=1S/C18H17Br2N3O2S/c1-23(2)18(25)12(8-10-6-4-3-5-7-10)22-17(24)11-9-13-15(21-11)14(19)16(20)26-13/h3-7,9,12,21H,8H2,1-2H3,(H,22,24)/t12-/m0/s1. The first kappa shape index (κ1) is 19.1. The van der Waals surface area contributed by atoms with Crippen LogP contribution in [0.4, 0.5) is 0 Å². The van der Waals surface area contributed by atoms with Gasteiger partial charge < -0.3 is 15.2 Å². The van der Waals surface area contributed by atoms with Crippen molar-refractivity contribution in [2.24, 2.45) is 0 Å². The molecular weight excluding hydrogens is 482 g/mol. The van der Waals surface area contributed by atoms with Gasteiger partial charge in [-0.3, -0.25) is 9.59 Å². The molecule has 2 heterocycles. The van der Waals surface area contributed by atoms with Crippen molar-refractivity contribution in [2.75, 3.05) is 14.1 Å². The highest BCUT2D eigenvalue weighted by molar-refractivity contribution is 9.13. The lowest BCUT2D eigenvalue weighted by Crippen LogP contribution is -2.47. The Labute approximate surface area is 172 Å². The number of aromatic nitrogens is 1. The summed E-state index contributed by atoms with van der Waals surface area (Å²) in [6.07, 6.45) is 0.438. The summed E-state index contributed by atoms with van der Waals surface area (Å²) >= 11 is 8.49. The summed E-state index contributed by atoms with van der Waals surface area (Å²) in [7, 11) is 3.37. The van der Waals surface area contributed by atoms with Gasteiger partial charge in [0.25, 0.3) is 5.91 Å². The molecule has 0 spiro atoms. The molecule has 2 aromatic heterocycles. The Hall–Kier alpha value is -1.64. The van der Waals surface area contributed by atoms with Gasteiger partial charge in [-0.05, 0) is 43.5 Å². The Kier molecular flexibility index (Phi) is 5.84. The smallest absolute Gasteiger partial charge is 0.268 e. The fourth-order valence-corrected chi connectivity index (χ4v) is 4.86. The molecule has 0 saturated heterocycles. The number of halogens is 2. The number of amides is 2. The summed E-state index contributed by atoms with van der Waals surface area (Å²) < 4.78 is 2.82. The van der Waals surface area contributed by atoms with Crippen molar-refractivity contribution in [3.05, 3.63) is 55.9 Å². The van der Waals surface area contributed by atoms with E-state index in [0.717, 1.165) is 24.0 Å². The van der Waals surface area contributed by atoms with Gasteiger partial charge in [-0.15, -0.1) is 11.3 Å². The Balaban J connectivity index is 1.82. The summed E-state index contributed by atoms with van der Waals surface area (Å²) in [5.41, 5.74) is 2.29. The van der Waals surface area contributed by atoms with Crippen molar-refractivity contribution in [2.45, 2.75) is 12.5 Å². The number of likely N-dealkylation sites (N-methyl/N-ethyl adjacent to an activating group) is 1. The molecule has 3 rings (SSSR count). The molecule has 136 valence electrons. The predicted octanol–water partition coefficient (Wildman–Crippen LogP) is 4.18. The molecule has 2 N–H and O–H groups in total. The highest BCUT2D eigenvalue weighted by Crippen LogP contribution is 2.39. The lowest BCUT2D eigenvalue weighted by atomic mass is 10.0. The number of rotatable bonds is 5. The normalized spacial score (nSPS) is 12.2. The second-order valence-corrected chi connectivity index (χ2v) is 9.22. The van der Waals surface area contributed by atoms with Crippen LogP contribution >= 0.6 is 43.2 Å². The molecule has 1 atom stereocenters. The van der Waals surface area contributed by atoms with Gasteiger partial charge in [0.2, 0.25) is 5.91 Å². The number of benzene rings is 1. The summed E-state index contributed by atoms with van der Waals surface area (Å²) in [5, 5.41) is 2.86. The zero-order chi connectivity index (χ0) is 18.8. The first-order valence-electron chi connectivity index (χ1n) is 7.89. The third-order valence-corrected chi connectivity index (χ3v) is 7.34. The van der Waals surface area contributed by atoms with Crippen molar-refractivity contribution in [3.8, 4) is 0 Å². The van der Waals surface area contributed by atoms with Gasteiger partial charge in [0.1, 0.15) is 11.7 Å². The average molecular weight is 499 g/mol. The molecule has 0 unspecified atom stereocenters. The van der Waals surface area contributed by atoms with E-state index in [4.69, 9.17) is 0 Å². The van der Waals surface area contributed by atoms with E-state index in [1.807, 2.05) is 30.3 Å². The molecule has 8 heteroatoms. The molecule has 2 amide bonds. The third kappa shape index (κ3) is 4.02. The summed E-state index contributed by atoms with van der Waals surface area (Å²) in [5.74, 6) is -0.438. The van der Waals surface area contributed by atoms with Gasteiger partial charge in [0.05, 0.1) is 18.5 Å². The molecule has 5 nitrogen and oxygen atoms in total. The molecule has 0 fully saturated rings. The summed E-state index contributed by atoms with van der Waals surface area (Å²) in [6, 6.07) is 10.8. The van der Waals surface area contributed by atoms with E-state index in [-0.39, 0.29) is 11.8 Å². The molecule has 0 aliphatic carbocycles. The second kappa shape index (κ2) is 7.94. The number of nitrogens with one attached hydrogen (secondary N) is 2. The van der Waals surface area contributed by atoms with Crippen LogP contribution in [0.15, 0.2) is 44.7 Å². The van der Waals surface area contributed by atoms with Crippen LogP contribution in [0.3, 0.4) is 0 Å². The van der Waals surface area contributed by atoms with Crippen molar-refractivity contribution < 1.29 is 9.59 Å². The van der Waals surface area contributed by atoms with Crippen molar-refractivity contribution in [1.82, 2.24) is 15.2 Å². The van der Waals surface area contributed by atoms with Crippen LogP contribution in [0.2, 0.25) is 0 Å². The van der Waals surface area contributed by atoms with E-state index in [0.29, 0.717) is 12.1 Å². The zero-order valence-electron chi connectivity index (χ0n) is 14.2. The van der Waals surface area contributed by atoms with Crippen molar-refractivity contribution in [3.63, 3.8) is 0 Å². The maximum Gasteiger partial charge on any atom is 0.268 e. The van der Waals surface area contributed by atoms with Gasteiger partial charge in [-0.25, -0.2) is 0 Å². The van der Waals surface area contributed by atoms with E-state index < -0.39 is 6.04 Å². The number of fused-ring (bicyclic) bond motifs is 1. The van der Waals surface area contributed by atoms with E-state index in [1.165, 1.54) is 16.2 Å². The lowest BCUT2D eigenvalue weighted by Gasteiger charge is -2.21. The zero-order valence-corrected chi connectivity index (χ0v) is 18.2. The summed E-state index contributed by atoms with van der Waals surface area (Å²) in [6.45, 7) is 0. The highest BCUT2D eigenvalue weighted by Gasteiger charge is 2.24. The molecule has 26 heavy (non-hydrogen) atoms. The third-order valence-electron chi connectivity index (χ3n) is 3.94. The fourth-order valence-electron chi connectivity index (χ4n) is 2.64. The van der Waals surface area contributed by atoms with Gasteiger partial charge >= 0.3 is 0 Å². The van der Waals surface area contributed by atoms with Crippen LogP contribution in [-0.2, 0) is 11.2 Å². The van der Waals surface area contributed by atoms with E-state index in [1.54, 1.807) is 20.2 Å². The maximum atomic E-state index is 12.7. The highest BCUT2D eigenvalue weighted by atomic mass is 79.9. The van der Waals surface area contributed by atoms with Gasteiger partial charge in [-0.2, -0.15) is 0 Å². The maximum absolute atomic E-state index is 12.7. The Morgan fingerprint density at radius 1 is 1.23 bits per heavy atom. The monoisotopic (exact) mass is 497 g/mol. The fraction of sp³-hybridized carbons (Fsp3) is 0.222. The van der Waals surface area contributed by atoms with Crippen molar-refractivity contribution in [1.29, 1.82) is 0 Å². The minimum Gasteiger partial charge on any atom is -0.349 e. The SMILES string of the molecule is CN(C)C(=O)[C@H](Cc1ccccc1)NC(=O)c1cc2sc(Br)c(Br)c2[nH]1. The number of nitrogens with zero attached hydrogens (tertiary/aromatic N) is 1. The molecular formula is C18H17Br2N3O2S. The quantitative estimate of drug-likeness (QED) is 0.554. The van der Waals surface area contributed by atoms with Crippen LogP contribution in [0.5, 0.6) is 0 Å². The predicted molar refractivity (Wildman–Crippen MR) is 112 cm³/mol. The van der Waals surface area contributed by atoms with Crippen LogP contribution in [0, 0.1) is 0 Å². The van der Waals surface area contributed by atoms with Crippen LogP contribution < -0.4 is 5.32 Å². The van der Waals surface area contributed by atoms with Gasteiger partial charge in [0.15, 0.2) is 0 Å². The van der Waals surface area contributed by atoms with E-state index >= 15 is 0 Å². The molecule has 0 aliphatic heterocycles. The molecule has 0 radical (unpaired) electrons. The second-order valence-electron chi connectivity index (χ2n) is 6.06. The van der Waals surface area contributed by atoms with E-state index in [2.05, 4.69) is 42.2 Å². The number of hydrogen-bond donors (Lipinski definition) is 2. The average Bonchev–Trinajstić information content (AvgIpc) is 3.14. The molecule has 0 bridgehead atoms. The number of H-pyrrole nitrogens is 1. The van der Waals surface area contributed by atoms with Crippen LogP contribution in [-0.4, -0.2) is 41.8 Å². The molecule has 3 aromatic rings. The van der Waals surface area contributed by atoms with E-state index in [9.17, 15) is 9.59 Å². The van der Waals surface area contributed by atoms with Crippen LogP contribution in [0.1, 0.15) is 16.1 Å². The van der Waals surface area contributed by atoms with Crippen LogP contribution in [0.25, 0.3) is 10.2 Å². The number of thiophene rings is 1. The first-order chi connectivity index (χ1) is 12.4. The van der Waals surface area contributed by atoms with Gasteiger partial charge in [-0.1, -0.05) is 30.3 Å². The van der Waals surface area contributed by atoms with Crippen molar-refractivity contribution >= 4 is 65.2 Å². The largest absolute Gasteiger partial charge is 0.349 e. The Morgan fingerprint density at radius 3 is 2.54 bits per heavy atom. The lowest BCUT2D eigenvalue weighted by molar-refractivity contribution is -0.130. The van der Waals surface area contributed by atoms with Gasteiger partial charge in [0, 0.05) is 20.5 Å². The number of hydrogen-bond acceptors (Lipinski definition) is 3. The molecule has 0 saturated carbocycles. The Morgan fingerprint density at radius 2 is 1.92 bits per heavy atom. The number of aromatic amines is 1. The topological polar surface area (TPSA) is 65.2 Å². The number of carbonyl (C=O) groups is 2. The minimum absolute atomic E-state index is 0.139. The number of carbonyl (C=O) groups excluding carboxylic acids is 2. The summed E-state index contributed by atoms with van der Waals surface area (Å²) in [4.78, 5) is 29.8. The minimum atomic E-state index is -0.628. The first-order valence-corrected chi connectivity index (χ1v) is 10.3.